The molecule has 0 atom stereocenters. The lowest BCUT2D eigenvalue weighted by atomic mass is 10.1. The summed E-state index contributed by atoms with van der Waals surface area (Å²) in [7, 11) is 0. The molecule has 0 saturated heterocycles. The van der Waals surface area contributed by atoms with Crippen molar-refractivity contribution in [2.45, 2.75) is 20.3 Å². The van der Waals surface area contributed by atoms with Gasteiger partial charge in [0.1, 0.15) is 17.1 Å². The first kappa shape index (κ1) is 12.4. The van der Waals surface area contributed by atoms with Crippen molar-refractivity contribution in [2.24, 2.45) is 5.92 Å². The summed E-state index contributed by atoms with van der Waals surface area (Å²) in [6.07, 6.45) is 0.769. The number of ether oxygens (including phenoxy) is 1. The summed E-state index contributed by atoms with van der Waals surface area (Å²) in [5.41, 5.74) is -0.0104. The van der Waals surface area contributed by atoms with Gasteiger partial charge in [-0.05, 0) is 30.5 Å². The predicted octanol–water partition coefficient (Wildman–Crippen LogP) is 2.30. The topological polar surface area (TPSA) is 66.8 Å². The number of carbonyl (C=O) groups is 1. The lowest BCUT2D eigenvalue weighted by Crippen LogP contribution is -2.08. The van der Waals surface area contributed by atoms with E-state index in [4.69, 9.17) is 4.74 Å². The van der Waals surface area contributed by atoms with Crippen LogP contribution < -0.4 is 0 Å². The fourth-order valence-electron chi connectivity index (χ4n) is 1.15. The van der Waals surface area contributed by atoms with E-state index in [1.54, 1.807) is 0 Å². The Hall–Kier alpha value is -1.71. The van der Waals surface area contributed by atoms with Crippen molar-refractivity contribution < 1.29 is 19.7 Å². The highest BCUT2D eigenvalue weighted by Gasteiger charge is 2.13. The first-order valence-corrected chi connectivity index (χ1v) is 5.20. The van der Waals surface area contributed by atoms with Crippen molar-refractivity contribution in [1.29, 1.82) is 0 Å². The van der Waals surface area contributed by atoms with Gasteiger partial charge in [-0.25, -0.2) is 4.79 Å². The smallest absolute Gasteiger partial charge is 0.342 e. The number of carbonyl (C=O) groups excluding carboxylic acids is 1. The van der Waals surface area contributed by atoms with Gasteiger partial charge in [0.25, 0.3) is 0 Å². The van der Waals surface area contributed by atoms with Gasteiger partial charge in [-0.2, -0.15) is 0 Å². The molecule has 4 nitrogen and oxygen atoms in total. The van der Waals surface area contributed by atoms with Crippen molar-refractivity contribution in [1.82, 2.24) is 0 Å². The summed E-state index contributed by atoms with van der Waals surface area (Å²) in [5, 5.41) is 18.6. The number of phenols is 2. The summed E-state index contributed by atoms with van der Waals surface area (Å²) >= 11 is 0. The summed E-state index contributed by atoms with van der Waals surface area (Å²) in [5.74, 6) is -0.430. The first-order chi connectivity index (χ1) is 7.50. The Balaban J connectivity index is 2.62. The Morgan fingerprint density at radius 1 is 1.38 bits per heavy atom. The van der Waals surface area contributed by atoms with E-state index < -0.39 is 5.97 Å². The van der Waals surface area contributed by atoms with Gasteiger partial charge in [-0.1, -0.05) is 13.8 Å². The molecule has 4 heteroatoms. The van der Waals surface area contributed by atoms with E-state index in [-0.39, 0.29) is 17.1 Å². The molecular weight excluding hydrogens is 208 g/mol. The van der Waals surface area contributed by atoms with Gasteiger partial charge in [-0.3, -0.25) is 0 Å². The molecular formula is C12H16O4. The van der Waals surface area contributed by atoms with E-state index in [1.807, 2.05) is 13.8 Å². The standard InChI is InChI=1S/C12H16O4/c1-8(2)5-6-16-12(15)10-7-9(13)3-4-11(10)14/h3-4,7-8,13-14H,5-6H2,1-2H3. The van der Waals surface area contributed by atoms with E-state index >= 15 is 0 Å². The first-order valence-electron chi connectivity index (χ1n) is 5.20. The van der Waals surface area contributed by atoms with E-state index in [2.05, 4.69) is 0 Å². The van der Waals surface area contributed by atoms with Crippen LogP contribution in [0.25, 0.3) is 0 Å². The van der Waals surface area contributed by atoms with Gasteiger partial charge >= 0.3 is 5.97 Å². The third-order valence-corrected chi connectivity index (χ3v) is 2.13. The number of phenolic OH excluding ortho intramolecular Hbond substituents is 2. The van der Waals surface area contributed by atoms with Gasteiger partial charge in [-0.15, -0.1) is 0 Å². The van der Waals surface area contributed by atoms with Crippen LogP contribution in [0.4, 0.5) is 0 Å². The second kappa shape index (κ2) is 5.39. The summed E-state index contributed by atoms with van der Waals surface area (Å²) in [6, 6.07) is 3.75. The fourth-order valence-corrected chi connectivity index (χ4v) is 1.15. The molecule has 0 amide bonds. The second-order valence-electron chi connectivity index (χ2n) is 4.02. The highest BCUT2D eigenvalue weighted by molar-refractivity contribution is 5.92. The average molecular weight is 224 g/mol. The molecule has 0 radical (unpaired) electrons. The largest absolute Gasteiger partial charge is 0.508 e. The average Bonchev–Trinajstić information content (AvgIpc) is 2.21. The van der Waals surface area contributed by atoms with Crippen LogP contribution in [0.15, 0.2) is 18.2 Å². The van der Waals surface area contributed by atoms with Gasteiger partial charge in [0, 0.05) is 0 Å². The normalized spacial score (nSPS) is 10.4. The Morgan fingerprint density at radius 3 is 2.69 bits per heavy atom. The van der Waals surface area contributed by atoms with Gasteiger partial charge in [0.05, 0.1) is 6.61 Å². The lowest BCUT2D eigenvalue weighted by molar-refractivity contribution is 0.0484. The molecule has 2 N–H and O–H groups in total. The molecule has 88 valence electrons. The molecule has 0 spiro atoms. The number of rotatable bonds is 4. The second-order valence-corrected chi connectivity index (χ2v) is 4.02. The van der Waals surface area contributed by atoms with Crippen LogP contribution >= 0.6 is 0 Å². The number of esters is 1. The molecule has 1 aromatic rings. The third kappa shape index (κ3) is 3.46. The zero-order chi connectivity index (χ0) is 12.1. The Morgan fingerprint density at radius 2 is 2.06 bits per heavy atom. The molecule has 0 aliphatic carbocycles. The van der Waals surface area contributed by atoms with E-state index in [9.17, 15) is 15.0 Å². The molecule has 1 aromatic carbocycles. The summed E-state index contributed by atoms with van der Waals surface area (Å²) in [6.45, 7) is 4.37. The minimum Gasteiger partial charge on any atom is -0.508 e. The Bertz CT molecular complexity index is 371. The van der Waals surface area contributed by atoms with Gasteiger partial charge in [0.2, 0.25) is 0 Å². The van der Waals surface area contributed by atoms with Gasteiger partial charge in [0.15, 0.2) is 0 Å². The lowest BCUT2D eigenvalue weighted by Gasteiger charge is -2.08. The maximum Gasteiger partial charge on any atom is 0.342 e. The number of benzene rings is 1. The molecule has 0 saturated carbocycles. The Kier molecular flexibility index (Phi) is 4.17. The van der Waals surface area contributed by atoms with Crippen LogP contribution in [0.1, 0.15) is 30.6 Å². The molecule has 0 heterocycles. The highest BCUT2D eigenvalue weighted by Crippen LogP contribution is 2.22. The van der Waals surface area contributed by atoms with Crippen LogP contribution in [0.3, 0.4) is 0 Å². The molecule has 16 heavy (non-hydrogen) atoms. The van der Waals surface area contributed by atoms with Crippen molar-refractivity contribution in [3.8, 4) is 11.5 Å². The van der Waals surface area contributed by atoms with Gasteiger partial charge < -0.3 is 14.9 Å². The van der Waals surface area contributed by atoms with Crippen molar-refractivity contribution in [2.75, 3.05) is 6.61 Å². The summed E-state index contributed by atoms with van der Waals surface area (Å²) < 4.78 is 4.96. The molecule has 1 rings (SSSR count). The van der Waals surface area contributed by atoms with Crippen molar-refractivity contribution in [3.63, 3.8) is 0 Å². The number of aromatic hydroxyl groups is 2. The van der Waals surface area contributed by atoms with Crippen LogP contribution in [0, 0.1) is 5.92 Å². The predicted molar refractivity (Wildman–Crippen MR) is 59.5 cm³/mol. The zero-order valence-corrected chi connectivity index (χ0v) is 9.43. The SMILES string of the molecule is CC(C)CCOC(=O)c1cc(O)ccc1O. The monoisotopic (exact) mass is 224 g/mol. The van der Waals surface area contributed by atoms with Crippen LogP contribution in [0.2, 0.25) is 0 Å². The van der Waals surface area contributed by atoms with E-state index in [1.165, 1.54) is 18.2 Å². The third-order valence-electron chi connectivity index (χ3n) is 2.13. The maximum absolute atomic E-state index is 11.5. The number of hydrogen-bond donors (Lipinski definition) is 2. The molecule has 0 fully saturated rings. The quantitative estimate of drug-likeness (QED) is 0.608. The number of hydrogen-bond acceptors (Lipinski definition) is 4. The zero-order valence-electron chi connectivity index (χ0n) is 9.43. The minimum absolute atomic E-state index is 0.0104. The minimum atomic E-state index is -0.617. The van der Waals surface area contributed by atoms with E-state index in [0.717, 1.165) is 6.42 Å². The molecule has 0 aliphatic rings. The molecule has 0 aromatic heterocycles. The van der Waals surface area contributed by atoms with Crippen LogP contribution in [-0.4, -0.2) is 22.8 Å². The van der Waals surface area contributed by atoms with Crippen molar-refractivity contribution >= 4 is 5.97 Å². The molecule has 0 bridgehead atoms. The van der Waals surface area contributed by atoms with Crippen LogP contribution in [0.5, 0.6) is 11.5 Å². The molecule has 0 aliphatic heterocycles. The molecule has 0 unspecified atom stereocenters. The van der Waals surface area contributed by atoms with E-state index in [0.29, 0.717) is 12.5 Å². The summed E-state index contributed by atoms with van der Waals surface area (Å²) in [4.78, 5) is 11.5. The Labute approximate surface area is 94.5 Å². The van der Waals surface area contributed by atoms with Crippen molar-refractivity contribution in [3.05, 3.63) is 23.8 Å². The highest BCUT2D eigenvalue weighted by atomic mass is 16.5. The van der Waals surface area contributed by atoms with Crippen LogP contribution in [-0.2, 0) is 4.74 Å². The fraction of sp³-hybridized carbons (Fsp3) is 0.417. The maximum atomic E-state index is 11.5.